The molecule has 0 aromatic carbocycles. The van der Waals surface area contributed by atoms with Crippen LogP contribution in [-0.2, 0) is 22.7 Å². The van der Waals surface area contributed by atoms with E-state index in [9.17, 15) is 10.1 Å². The minimum Gasteiger partial charge on any atom is -0.358 e. The number of rotatable bonds is 1. The summed E-state index contributed by atoms with van der Waals surface area (Å²) in [4.78, 5) is 12.9. The van der Waals surface area contributed by atoms with Crippen LogP contribution in [0.1, 0.15) is 0 Å². The number of aromatic nitrogens is 1. The summed E-state index contributed by atoms with van der Waals surface area (Å²) in [7, 11) is 0. The van der Waals surface area contributed by atoms with E-state index >= 15 is 0 Å². The van der Waals surface area contributed by atoms with Gasteiger partial charge in [-0.2, -0.15) is 8.42 Å². The van der Waals surface area contributed by atoms with Gasteiger partial charge >= 0.3 is 5.82 Å². The molecular weight excluding hydrogens is 280 g/mol. The van der Waals surface area contributed by atoms with Gasteiger partial charge in [0, 0.05) is 6.07 Å². The van der Waals surface area contributed by atoms with Crippen LogP contribution in [0.4, 0.5) is 5.82 Å². The van der Waals surface area contributed by atoms with Crippen molar-refractivity contribution in [1.29, 1.82) is 0 Å². The molecule has 98 valence electrons. The fourth-order valence-electron chi connectivity index (χ4n) is 0.462. The van der Waals surface area contributed by atoms with E-state index in [2.05, 4.69) is 4.98 Å². The first-order valence-electron chi connectivity index (χ1n) is 3.42. The van der Waals surface area contributed by atoms with Gasteiger partial charge < -0.3 is 10.1 Å². The van der Waals surface area contributed by atoms with Crippen molar-refractivity contribution >= 4 is 28.5 Å². The molecule has 0 saturated heterocycles. The summed E-state index contributed by atoms with van der Waals surface area (Å²) in [6, 6.07) is 4.55. The lowest BCUT2D eigenvalue weighted by Gasteiger charge is -1.86. The summed E-state index contributed by atoms with van der Waals surface area (Å²) in [5.41, 5.74) is 0. The molecule has 0 atom stereocenters. The molecule has 1 heterocycles. The molecule has 0 aliphatic carbocycles. The Hall–Kier alpha value is -1.31. The molecule has 0 amide bonds. The highest BCUT2D eigenvalue weighted by molar-refractivity contribution is 7.73. The Morgan fingerprint density at radius 1 is 1.12 bits per heavy atom. The molecule has 4 N–H and O–H groups in total. The highest BCUT2D eigenvalue weighted by Crippen LogP contribution is 2.01. The third kappa shape index (κ3) is 20.7. The normalized spacial score (nSPS) is 8.82. The summed E-state index contributed by atoms with van der Waals surface area (Å²) in [6.07, 6.45) is 1.39. The third-order valence-electron chi connectivity index (χ3n) is 0.836. The second-order valence-electron chi connectivity index (χ2n) is 1.91. The molecule has 0 aliphatic heterocycles. The van der Waals surface area contributed by atoms with Crippen molar-refractivity contribution in [2.45, 2.75) is 0 Å². The van der Waals surface area contributed by atoms with E-state index < -0.39 is 27.6 Å². The smallest absolute Gasteiger partial charge is 0.358 e. The average molecular weight is 288 g/mol. The van der Waals surface area contributed by atoms with E-state index in [1.165, 1.54) is 12.3 Å². The Balaban J connectivity index is 0. The fourth-order valence-corrected chi connectivity index (χ4v) is 0.462. The van der Waals surface area contributed by atoms with E-state index in [1.807, 2.05) is 0 Å². The molecule has 0 fully saturated rings. The molecule has 17 heavy (non-hydrogen) atoms. The predicted molar refractivity (Wildman–Crippen MR) is 57.7 cm³/mol. The fraction of sp³-hybridized carbons (Fsp3) is 0. The zero-order chi connectivity index (χ0) is 13.8. The van der Waals surface area contributed by atoms with E-state index in [0.29, 0.717) is 0 Å². The van der Waals surface area contributed by atoms with Crippen LogP contribution >= 0.6 is 0 Å². The van der Waals surface area contributed by atoms with E-state index in [4.69, 9.17) is 26.6 Å². The second-order valence-corrected chi connectivity index (χ2v) is 2.83. The van der Waals surface area contributed by atoms with Gasteiger partial charge in [-0.3, -0.25) is 18.2 Å². The number of nitrogens with zero attached hydrogens (tertiary/aromatic N) is 2. The zero-order valence-electron chi connectivity index (χ0n) is 7.94. The van der Waals surface area contributed by atoms with Crippen molar-refractivity contribution in [2.24, 2.45) is 0 Å². The van der Waals surface area contributed by atoms with Crippen molar-refractivity contribution in [1.82, 2.24) is 4.98 Å². The first-order valence-corrected chi connectivity index (χ1v) is 5.55. The van der Waals surface area contributed by atoms with E-state index in [0.717, 1.165) is 0 Å². The second kappa shape index (κ2) is 11.2. The van der Waals surface area contributed by atoms with Crippen LogP contribution in [0.2, 0.25) is 0 Å². The van der Waals surface area contributed by atoms with E-state index in [-0.39, 0.29) is 5.82 Å². The Labute approximate surface area is 100 Å². The van der Waals surface area contributed by atoms with Gasteiger partial charge in [-0.05, 0) is 16.0 Å². The zero-order valence-corrected chi connectivity index (χ0v) is 9.58. The Morgan fingerprint density at radius 3 is 1.71 bits per heavy atom. The van der Waals surface area contributed by atoms with Crippen molar-refractivity contribution < 1.29 is 31.6 Å². The first-order chi connectivity index (χ1) is 7.77. The molecule has 0 radical (unpaired) electrons. The lowest BCUT2D eigenvalue weighted by Crippen LogP contribution is -1.88. The summed E-state index contributed by atoms with van der Waals surface area (Å²) >= 11 is -5.22. The van der Waals surface area contributed by atoms with Gasteiger partial charge in [-0.1, -0.05) is 6.07 Å². The molecule has 0 saturated carbocycles. The Kier molecular flexibility index (Phi) is 11.9. The van der Waals surface area contributed by atoms with Crippen molar-refractivity contribution in [2.75, 3.05) is 0 Å². The van der Waals surface area contributed by atoms with Gasteiger partial charge in [-0.15, -0.1) is 0 Å². The van der Waals surface area contributed by atoms with Crippen LogP contribution in [0.3, 0.4) is 0 Å². The molecule has 12 heteroatoms. The van der Waals surface area contributed by atoms with Crippen LogP contribution in [0, 0.1) is 10.1 Å². The SMILES string of the molecule is O=S(O)O.O=S(O)O.O=[N+]([O-])c1ccccn1. The highest BCUT2D eigenvalue weighted by atomic mass is 32.2. The highest BCUT2D eigenvalue weighted by Gasteiger charge is 2.00. The predicted octanol–water partition coefficient (Wildman–Crippen LogP) is 0.352. The molecule has 1 aromatic rings. The van der Waals surface area contributed by atoms with Gasteiger partial charge in [0.25, 0.3) is 22.7 Å². The van der Waals surface area contributed by atoms with Crippen LogP contribution in [-0.4, -0.2) is 36.5 Å². The summed E-state index contributed by atoms with van der Waals surface area (Å²) in [5, 5.41) is 9.94. The van der Waals surface area contributed by atoms with Crippen molar-refractivity contribution in [3.63, 3.8) is 0 Å². The Morgan fingerprint density at radius 2 is 1.53 bits per heavy atom. The molecule has 0 spiro atoms. The summed E-state index contributed by atoms with van der Waals surface area (Å²) in [5.74, 6) is -0.113. The van der Waals surface area contributed by atoms with Crippen molar-refractivity contribution in [3.05, 3.63) is 34.5 Å². The number of hydrogen-bond acceptors (Lipinski definition) is 5. The van der Waals surface area contributed by atoms with Gasteiger partial charge in [0.2, 0.25) is 0 Å². The van der Waals surface area contributed by atoms with Gasteiger partial charge in [-0.25, -0.2) is 0 Å². The van der Waals surface area contributed by atoms with Crippen molar-refractivity contribution in [3.8, 4) is 0 Å². The minimum atomic E-state index is -2.61. The largest absolute Gasteiger partial charge is 0.363 e. The Bertz CT molecular complexity index is 351. The molecule has 0 unspecified atom stereocenters. The summed E-state index contributed by atoms with van der Waals surface area (Å²) < 4.78 is 45.7. The lowest BCUT2D eigenvalue weighted by molar-refractivity contribution is -0.389. The van der Waals surface area contributed by atoms with E-state index in [1.54, 1.807) is 12.1 Å². The van der Waals surface area contributed by atoms with Crippen LogP contribution in [0.15, 0.2) is 24.4 Å². The number of hydrogen-bond donors (Lipinski definition) is 4. The molecule has 1 rings (SSSR count). The molecular formula is C5H8N2O8S2. The van der Waals surface area contributed by atoms with Gasteiger partial charge in [0.1, 0.15) is 6.20 Å². The molecule has 1 aromatic heterocycles. The van der Waals surface area contributed by atoms with Gasteiger partial charge in [0.15, 0.2) is 0 Å². The van der Waals surface area contributed by atoms with Gasteiger partial charge in [0.05, 0.1) is 0 Å². The topological polar surface area (TPSA) is 171 Å². The van der Waals surface area contributed by atoms with Crippen LogP contribution < -0.4 is 0 Å². The average Bonchev–Trinajstić information content (AvgIpc) is 2.17. The number of pyridine rings is 1. The monoisotopic (exact) mass is 288 g/mol. The molecule has 10 nitrogen and oxygen atoms in total. The quantitative estimate of drug-likeness (QED) is 0.323. The summed E-state index contributed by atoms with van der Waals surface area (Å²) in [6.45, 7) is 0. The minimum absolute atomic E-state index is 0.113. The first kappa shape index (κ1) is 18.1. The molecule has 0 aliphatic rings. The maximum Gasteiger partial charge on any atom is 0.363 e. The van der Waals surface area contributed by atoms with Crippen LogP contribution in [0.25, 0.3) is 0 Å². The maximum atomic E-state index is 9.94. The standard InChI is InChI=1S/C5H4N2O2.2H2O3S/c8-7(9)5-3-1-2-4-6-5;2*1-4(2)3/h1-4H;2*(H2,1,2,3). The van der Waals surface area contributed by atoms with Crippen LogP contribution in [0.5, 0.6) is 0 Å². The maximum absolute atomic E-state index is 9.94. The molecule has 0 bridgehead atoms. The lowest BCUT2D eigenvalue weighted by atomic mass is 10.5. The number of nitro groups is 1. The third-order valence-corrected chi connectivity index (χ3v) is 0.836.